The maximum atomic E-state index is 12.3. The number of fused-ring (bicyclic) bond motifs is 1. The number of aromatic nitrogens is 1. The Kier molecular flexibility index (Phi) is 6.08. The second-order valence-electron chi connectivity index (χ2n) is 7.91. The van der Waals surface area contributed by atoms with E-state index in [0.717, 1.165) is 41.8 Å². The van der Waals surface area contributed by atoms with Gasteiger partial charge in [-0.2, -0.15) is 4.37 Å². The van der Waals surface area contributed by atoms with E-state index in [0.29, 0.717) is 28.6 Å². The third-order valence-electron chi connectivity index (χ3n) is 5.65. The van der Waals surface area contributed by atoms with Crippen LogP contribution in [0, 0.1) is 18.8 Å². The van der Waals surface area contributed by atoms with E-state index >= 15 is 0 Å². The van der Waals surface area contributed by atoms with Crippen LogP contribution in [-0.4, -0.2) is 21.5 Å². The Hall–Kier alpha value is -2.90. The number of hydrogen-bond donors (Lipinski definition) is 2. The molecular formula is C24H17ClN2O4S3. The Morgan fingerprint density at radius 1 is 1.24 bits per heavy atom. The predicted molar refractivity (Wildman–Crippen MR) is 136 cm³/mol. The van der Waals surface area contributed by atoms with Crippen LogP contribution in [-0.2, 0) is 21.6 Å². The SMILES string of the molecule is Cc1ccccc1COC(=O)Nc1c(C#Cc2cc3cc(C4(C(=O)O)CC4)sc3s2)nsc1Cl. The first-order valence-corrected chi connectivity index (χ1v) is 13.1. The van der Waals surface area contributed by atoms with Gasteiger partial charge in [0.1, 0.15) is 22.0 Å². The third kappa shape index (κ3) is 4.42. The van der Waals surface area contributed by atoms with Gasteiger partial charge in [-0.1, -0.05) is 35.9 Å². The summed E-state index contributed by atoms with van der Waals surface area (Å²) in [5.41, 5.74) is 1.95. The maximum absolute atomic E-state index is 12.3. The number of carboxylic acid groups (broad SMARTS) is 1. The molecule has 10 heteroatoms. The lowest BCUT2D eigenvalue weighted by Gasteiger charge is -2.08. The number of nitrogens with zero attached hydrogens (tertiary/aromatic N) is 1. The highest BCUT2D eigenvalue weighted by Gasteiger charge is 2.53. The molecule has 1 aliphatic carbocycles. The Morgan fingerprint density at radius 2 is 2.03 bits per heavy atom. The minimum atomic E-state index is -0.751. The highest BCUT2D eigenvalue weighted by atomic mass is 35.5. The molecule has 3 heterocycles. The number of aryl methyl sites for hydroxylation is 1. The highest BCUT2D eigenvalue weighted by molar-refractivity contribution is 7.38. The number of carboxylic acids is 1. The first-order chi connectivity index (χ1) is 16.4. The normalized spacial score (nSPS) is 13.8. The molecular weight excluding hydrogens is 512 g/mol. The number of aliphatic carboxylic acids is 1. The van der Waals surface area contributed by atoms with Gasteiger partial charge in [0, 0.05) is 10.3 Å². The van der Waals surface area contributed by atoms with Gasteiger partial charge in [0.25, 0.3) is 0 Å². The first-order valence-electron chi connectivity index (χ1n) is 10.3. The summed E-state index contributed by atoms with van der Waals surface area (Å²) in [6.07, 6.45) is 0.748. The van der Waals surface area contributed by atoms with Gasteiger partial charge in [0.05, 0.1) is 8.89 Å². The summed E-state index contributed by atoms with van der Waals surface area (Å²) in [4.78, 5) is 25.6. The highest BCUT2D eigenvalue weighted by Crippen LogP contribution is 2.52. The zero-order valence-corrected chi connectivity index (χ0v) is 21.0. The zero-order valence-electron chi connectivity index (χ0n) is 17.8. The molecule has 1 aliphatic rings. The second kappa shape index (κ2) is 9.04. The van der Waals surface area contributed by atoms with Crippen molar-refractivity contribution in [2.24, 2.45) is 0 Å². The summed E-state index contributed by atoms with van der Waals surface area (Å²) in [6, 6.07) is 11.6. The summed E-state index contributed by atoms with van der Waals surface area (Å²) in [5, 5.41) is 13.2. The molecule has 34 heavy (non-hydrogen) atoms. The van der Waals surface area contributed by atoms with Gasteiger partial charge in [0.2, 0.25) is 0 Å². The van der Waals surface area contributed by atoms with E-state index in [9.17, 15) is 14.7 Å². The van der Waals surface area contributed by atoms with Gasteiger partial charge in [0.15, 0.2) is 5.69 Å². The molecule has 172 valence electrons. The molecule has 0 atom stereocenters. The number of hydrogen-bond acceptors (Lipinski definition) is 7. The lowest BCUT2D eigenvalue weighted by Crippen LogP contribution is -2.17. The van der Waals surface area contributed by atoms with Crippen molar-refractivity contribution in [3.8, 4) is 11.8 Å². The number of carbonyl (C=O) groups excluding carboxylic acids is 1. The number of rotatable bonds is 5. The Balaban J connectivity index is 1.29. The van der Waals surface area contributed by atoms with E-state index in [2.05, 4.69) is 21.5 Å². The molecule has 0 saturated heterocycles. The largest absolute Gasteiger partial charge is 0.481 e. The van der Waals surface area contributed by atoms with Gasteiger partial charge in [-0.3, -0.25) is 10.1 Å². The minimum absolute atomic E-state index is 0.145. The van der Waals surface area contributed by atoms with Crippen molar-refractivity contribution in [1.29, 1.82) is 0 Å². The van der Waals surface area contributed by atoms with Crippen LogP contribution in [0.25, 0.3) is 9.40 Å². The van der Waals surface area contributed by atoms with Crippen molar-refractivity contribution in [2.45, 2.75) is 31.8 Å². The molecule has 0 spiro atoms. The molecule has 6 nitrogen and oxygen atoms in total. The summed E-state index contributed by atoms with van der Waals surface area (Å²) in [7, 11) is 0. The predicted octanol–water partition coefficient (Wildman–Crippen LogP) is 6.65. The van der Waals surface area contributed by atoms with E-state index in [1.54, 1.807) is 0 Å². The third-order valence-corrected chi connectivity index (χ3v) is 9.19. The Morgan fingerprint density at radius 3 is 2.74 bits per heavy atom. The van der Waals surface area contributed by atoms with E-state index in [1.807, 2.05) is 43.3 Å². The van der Waals surface area contributed by atoms with E-state index in [4.69, 9.17) is 16.3 Å². The number of anilines is 1. The standard InChI is InChI=1S/C24H17ClN2O4S3/c1-13-4-2-3-5-14(13)12-31-23(30)26-19-17(27-34-20(19)25)7-6-16-10-15-11-18(33-21(15)32-16)24(8-9-24)22(28)29/h2-5,10-11H,8-9,12H2,1H3,(H,26,30)(H,28,29). The summed E-state index contributed by atoms with van der Waals surface area (Å²) >= 11 is 10.3. The molecule has 5 rings (SSSR count). The van der Waals surface area contributed by atoms with Gasteiger partial charge < -0.3 is 9.84 Å². The van der Waals surface area contributed by atoms with Gasteiger partial charge in [-0.25, -0.2) is 4.79 Å². The number of carbonyl (C=O) groups is 2. The van der Waals surface area contributed by atoms with E-state index < -0.39 is 17.5 Å². The fraction of sp³-hybridized carbons (Fsp3) is 0.208. The molecule has 2 N–H and O–H groups in total. The minimum Gasteiger partial charge on any atom is -0.481 e. The van der Waals surface area contributed by atoms with E-state index in [-0.39, 0.29) is 6.61 Å². The average molecular weight is 529 g/mol. The van der Waals surface area contributed by atoms with Crippen molar-refractivity contribution in [2.75, 3.05) is 5.32 Å². The topological polar surface area (TPSA) is 88.5 Å². The van der Waals surface area contributed by atoms with Gasteiger partial charge in [-0.05, 0) is 66.4 Å². The lowest BCUT2D eigenvalue weighted by atomic mass is 10.1. The zero-order chi connectivity index (χ0) is 23.9. The molecule has 1 saturated carbocycles. The van der Waals surface area contributed by atoms with Crippen LogP contribution in [0.2, 0.25) is 4.34 Å². The smallest absolute Gasteiger partial charge is 0.412 e. The monoisotopic (exact) mass is 528 g/mol. The molecule has 1 aromatic carbocycles. The fourth-order valence-corrected chi connectivity index (χ4v) is 6.79. The quantitative estimate of drug-likeness (QED) is 0.283. The first kappa shape index (κ1) is 22.9. The molecule has 1 amide bonds. The molecule has 4 aromatic rings. The average Bonchev–Trinajstić information content (AvgIpc) is 3.25. The molecule has 0 unspecified atom stereocenters. The van der Waals surface area contributed by atoms with E-state index in [1.165, 1.54) is 22.7 Å². The summed E-state index contributed by atoms with van der Waals surface area (Å²) in [6.45, 7) is 2.10. The number of thiophene rings is 2. The molecule has 1 fully saturated rings. The van der Waals surface area contributed by atoms with Crippen LogP contribution in [0.15, 0.2) is 36.4 Å². The lowest BCUT2D eigenvalue weighted by molar-refractivity contribution is -0.139. The van der Waals surface area contributed by atoms with Crippen LogP contribution in [0.4, 0.5) is 10.5 Å². The van der Waals surface area contributed by atoms with Crippen molar-refractivity contribution in [3.05, 3.63) is 67.3 Å². The van der Waals surface area contributed by atoms with Gasteiger partial charge in [-0.15, -0.1) is 22.7 Å². The number of amides is 1. The van der Waals surface area contributed by atoms with Crippen LogP contribution in [0.1, 0.15) is 39.4 Å². The Bertz CT molecular complexity index is 1460. The van der Waals surface area contributed by atoms with Gasteiger partial charge >= 0.3 is 12.1 Å². The second-order valence-corrected chi connectivity index (χ2v) is 11.6. The summed E-state index contributed by atoms with van der Waals surface area (Å²) < 4.78 is 10.9. The van der Waals surface area contributed by atoms with Crippen LogP contribution in [0.3, 0.4) is 0 Å². The number of benzene rings is 1. The number of nitrogens with one attached hydrogen (secondary N) is 1. The molecule has 3 aromatic heterocycles. The number of ether oxygens (including phenoxy) is 1. The molecule has 0 aliphatic heterocycles. The van der Waals surface area contributed by atoms with Crippen molar-refractivity contribution in [3.63, 3.8) is 0 Å². The Labute approximate surface area is 212 Å². The van der Waals surface area contributed by atoms with Crippen LogP contribution < -0.4 is 5.32 Å². The van der Waals surface area contributed by atoms with Crippen LogP contribution >= 0.6 is 45.8 Å². The molecule has 0 bridgehead atoms. The number of halogens is 1. The fourth-order valence-electron chi connectivity index (χ4n) is 3.47. The van der Waals surface area contributed by atoms with Crippen molar-refractivity contribution in [1.82, 2.24) is 4.37 Å². The van der Waals surface area contributed by atoms with Crippen molar-refractivity contribution >= 4 is 73.0 Å². The maximum Gasteiger partial charge on any atom is 0.412 e. The van der Waals surface area contributed by atoms with Crippen LogP contribution in [0.5, 0.6) is 0 Å². The molecule has 0 radical (unpaired) electrons. The van der Waals surface area contributed by atoms with Crippen molar-refractivity contribution < 1.29 is 19.4 Å². The summed E-state index contributed by atoms with van der Waals surface area (Å²) in [5.74, 6) is 5.31.